The maximum Gasteiger partial charge on any atom is 0.0367 e. The van der Waals surface area contributed by atoms with Crippen LogP contribution in [0.2, 0.25) is 0 Å². The first kappa shape index (κ1) is 10.9. The number of benzene rings is 1. The van der Waals surface area contributed by atoms with Crippen LogP contribution in [0.15, 0.2) is 18.2 Å². The van der Waals surface area contributed by atoms with Crippen LogP contribution in [0.1, 0.15) is 38.2 Å². The van der Waals surface area contributed by atoms with Gasteiger partial charge >= 0.3 is 0 Å². The lowest BCUT2D eigenvalue weighted by Gasteiger charge is -2.08. The lowest BCUT2D eigenvalue weighted by molar-refractivity contribution is 0.668. The van der Waals surface area contributed by atoms with Gasteiger partial charge in [-0.05, 0) is 30.5 Å². The zero-order valence-electron chi connectivity index (χ0n) is 8.92. The second-order valence-corrected chi connectivity index (χ2v) is 3.73. The minimum absolute atomic E-state index is 0.835. The monoisotopic (exact) mass is 192 g/mol. The lowest BCUT2D eigenvalue weighted by Crippen LogP contribution is -2.00. The Labute approximate surface area is 86.3 Å². The molecule has 0 spiro atoms. The number of hydrogen-bond acceptors (Lipinski definition) is 2. The summed E-state index contributed by atoms with van der Waals surface area (Å²) in [5.41, 5.74) is 14.5. The third-order valence-electron chi connectivity index (χ3n) is 2.53. The van der Waals surface area contributed by atoms with Crippen LogP contribution in [0.3, 0.4) is 0 Å². The largest absolute Gasteiger partial charge is 0.398 e. The van der Waals surface area contributed by atoms with E-state index in [1.165, 1.54) is 25.7 Å². The average molecular weight is 192 g/mol. The van der Waals surface area contributed by atoms with Gasteiger partial charge in [-0.2, -0.15) is 0 Å². The predicted molar refractivity (Wildman–Crippen MR) is 63.1 cm³/mol. The third-order valence-corrected chi connectivity index (χ3v) is 2.53. The van der Waals surface area contributed by atoms with E-state index in [2.05, 4.69) is 6.92 Å². The molecule has 0 unspecified atom stereocenters. The maximum atomic E-state index is 5.86. The molecule has 0 radical (unpaired) electrons. The molecule has 0 amide bonds. The highest BCUT2D eigenvalue weighted by molar-refractivity contribution is 5.61. The van der Waals surface area contributed by atoms with Crippen LogP contribution in [0.25, 0.3) is 0 Å². The number of hydrogen-bond donors (Lipinski definition) is 2. The highest BCUT2D eigenvalue weighted by Crippen LogP contribution is 2.21. The van der Waals surface area contributed by atoms with Crippen LogP contribution in [-0.4, -0.2) is 0 Å². The molecule has 4 N–H and O–H groups in total. The molecule has 0 aromatic heterocycles. The Morgan fingerprint density at radius 3 is 2.21 bits per heavy atom. The summed E-state index contributed by atoms with van der Waals surface area (Å²) in [6.07, 6.45) is 6.03. The van der Waals surface area contributed by atoms with Gasteiger partial charge < -0.3 is 11.5 Å². The first-order valence-electron chi connectivity index (χ1n) is 5.38. The normalized spacial score (nSPS) is 10.4. The highest BCUT2D eigenvalue weighted by Gasteiger charge is 2.02. The van der Waals surface area contributed by atoms with E-state index in [1.54, 1.807) is 0 Å². The topological polar surface area (TPSA) is 52.0 Å². The molecule has 0 bridgehead atoms. The summed E-state index contributed by atoms with van der Waals surface area (Å²) in [7, 11) is 0. The number of rotatable bonds is 5. The minimum Gasteiger partial charge on any atom is -0.398 e. The molecule has 0 atom stereocenters. The van der Waals surface area contributed by atoms with E-state index in [0.717, 1.165) is 23.4 Å². The molecular weight excluding hydrogens is 172 g/mol. The quantitative estimate of drug-likeness (QED) is 0.556. The molecule has 14 heavy (non-hydrogen) atoms. The Morgan fingerprint density at radius 2 is 1.64 bits per heavy atom. The van der Waals surface area contributed by atoms with Gasteiger partial charge in [0.15, 0.2) is 0 Å². The summed E-state index contributed by atoms with van der Waals surface area (Å²) < 4.78 is 0. The van der Waals surface area contributed by atoms with Gasteiger partial charge in [-0.3, -0.25) is 0 Å². The molecule has 78 valence electrons. The van der Waals surface area contributed by atoms with Gasteiger partial charge in [-0.25, -0.2) is 0 Å². The molecule has 2 nitrogen and oxygen atoms in total. The van der Waals surface area contributed by atoms with E-state index in [0.29, 0.717) is 0 Å². The number of unbranched alkanes of at least 4 members (excludes halogenated alkanes) is 3. The van der Waals surface area contributed by atoms with Crippen molar-refractivity contribution < 1.29 is 0 Å². The Hall–Kier alpha value is -1.18. The Kier molecular flexibility index (Phi) is 4.30. The fraction of sp³-hybridized carbons (Fsp3) is 0.500. The molecule has 1 rings (SSSR count). The Bertz CT molecular complexity index is 261. The molecule has 0 saturated carbocycles. The lowest BCUT2D eigenvalue weighted by atomic mass is 10.0. The fourth-order valence-electron chi connectivity index (χ4n) is 1.64. The number of nitrogen functional groups attached to an aromatic ring is 2. The second-order valence-electron chi connectivity index (χ2n) is 3.73. The maximum absolute atomic E-state index is 5.86. The van der Waals surface area contributed by atoms with Gasteiger partial charge in [0.1, 0.15) is 0 Å². The SMILES string of the molecule is CCCCCCc1c(N)cccc1N. The van der Waals surface area contributed by atoms with Crippen molar-refractivity contribution in [1.29, 1.82) is 0 Å². The van der Waals surface area contributed by atoms with Gasteiger partial charge in [0.05, 0.1) is 0 Å². The van der Waals surface area contributed by atoms with E-state index in [-0.39, 0.29) is 0 Å². The summed E-state index contributed by atoms with van der Waals surface area (Å²) in [6, 6.07) is 5.75. The smallest absolute Gasteiger partial charge is 0.0367 e. The van der Waals surface area contributed by atoms with Crippen molar-refractivity contribution in [2.45, 2.75) is 39.0 Å². The molecule has 1 aromatic carbocycles. The van der Waals surface area contributed by atoms with Crippen molar-refractivity contribution in [1.82, 2.24) is 0 Å². The molecule has 0 aliphatic heterocycles. The molecule has 0 aliphatic carbocycles. The van der Waals surface area contributed by atoms with E-state index in [9.17, 15) is 0 Å². The van der Waals surface area contributed by atoms with Crippen molar-refractivity contribution in [3.63, 3.8) is 0 Å². The number of anilines is 2. The van der Waals surface area contributed by atoms with Crippen LogP contribution in [0, 0.1) is 0 Å². The van der Waals surface area contributed by atoms with Crippen LogP contribution in [-0.2, 0) is 6.42 Å². The summed E-state index contributed by atoms with van der Waals surface area (Å²) in [4.78, 5) is 0. The molecule has 2 heteroatoms. The fourth-order valence-corrected chi connectivity index (χ4v) is 1.64. The summed E-state index contributed by atoms with van der Waals surface area (Å²) in [5.74, 6) is 0. The van der Waals surface area contributed by atoms with Crippen molar-refractivity contribution in [2.24, 2.45) is 0 Å². The van der Waals surface area contributed by atoms with Gasteiger partial charge in [0, 0.05) is 11.4 Å². The third kappa shape index (κ3) is 2.95. The Balaban J connectivity index is 2.49. The molecule has 1 aromatic rings. The van der Waals surface area contributed by atoms with Gasteiger partial charge in [0.2, 0.25) is 0 Å². The summed E-state index contributed by atoms with van der Waals surface area (Å²) in [5, 5.41) is 0. The zero-order valence-corrected chi connectivity index (χ0v) is 8.92. The molecule has 0 fully saturated rings. The molecular formula is C12H20N2. The van der Waals surface area contributed by atoms with Gasteiger partial charge in [0.25, 0.3) is 0 Å². The van der Waals surface area contributed by atoms with Crippen molar-refractivity contribution >= 4 is 11.4 Å². The molecule has 0 aliphatic rings. The number of nitrogens with two attached hydrogens (primary N) is 2. The highest BCUT2D eigenvalue weighted by atomic mass is 14.6. The molecule has 0 heterocycles. The molecule has 0 saturated heterocycles. The summed E-state index contributed by atoms with van der Waals surface area (Å²) in [6.45, 7) is 2.21. The zero-order chi connectivity index (χ0) is 10.4. The van der Waals surface area contributed by atoms with Crippen LogP contribution in [0.4, 0.5) is 11.4 Å². The van der Waals surface area contributed by atoms with Crippen LogP contribution in [0.5, 0.6) is 0 Å². The van der Waals surface area contributed by atoms with E-state index in [1.807, 2.05) is 18.2 Å². The van der Waals surface area contributed by atoms with E-state index < -0.39 is 0 Å². The average Bonchev–Trinajstić information content (AvgIpc) is 2.16. The second kappa shape index (κ2) is 5.53. The van der Waals surface area contributed by atoms with E-state index >= 15 is 0 Å². The van der Waals surface area contributed by atoms with Crippen LogP contribution < -0.4 is 11.5 Å². The Morgan fingerprint density at radius 1 is 1.00 bits per heavy atom. The van der Waals surface area contributed by atoms with Gasteiger partial charge in [-0.15, -0.1) is 0 Å². The van der Waals surface area contributed by atoms with E-state index in [4.69, 9.17) is 11.5 Å². The standard InChI is InChI=1S/C12H20N2/c1-2-3-4-5-7-10-11(13)8-6-9-12(10)14/h6,8-9H,2-5,7,13-14H2,1H3. The van der Waals surface area contributed by atoms with Crippen LogP contribution >= 0.6 is 0 Å². The summed E-state index contributed by atoms with van der Waals surface area (Å²) >= 11 is 0. The van der Waals surface area contributed by atoms with Crippen molar-refractivity contribution in [3.8, 4) is 0 Å². The van der Waals surface area contributed by atoms with Crippen molar-refractivity contribution in [3.05, 3.63) is 23.8 Å². The first-order valence-corrected chi connectivity index (χ1v) is 5.38. The predicted octanol–water partition coefficient (Wildman–Crippen LogP) is 2.97. The van der Waals surface area contributed by atoms with Crippen molar-refractivity contribution in [2.75, 3.05) is 11.5 Å². The first-order chi connectivity index (χ1) is 6.75. The minimum atomic E-state index is 0.835. The van der Waals surface area contributed by atoms with Gasteiger partial charge in [-0.1, -0.05) is 32.3 Å².